The van der Waals surface area contributed by atoms with E-state index < -0.39 is 17.7 Å². The zero-order chi connectivity index (χ0) is 15.6. The molecule has 2 aromatic carbocycles. The first-order chi connectivity index (χ1) is 9.95. The van der Waals surface area contributed by atoms with Crippen LogP contribution in [0.15, 0.2) is 36.4 Å². The molecule has 1 unspecified atom stereocenters. The van der Waals surface area contributed by atoms with Gasteiger partial charge in [0.1, 0.15) is 11.6 Å². The van der Waals surface area contributed by atoms with Crippen LogP contribution in [0.2, 0.25) is 0 Å². The zero-order valence-electron chi connectivity index (χ0n) is 12.5. The molecule has 0 aromatic heterocycles. The molecular formula is C17H20F2N2. The predicted octanol–water partition coefficient (Wildman–Crippen LogP) is 3.95. The largest absolute Gasteiger partial charge is 0.271 e. The summed E-state index contributed by atoms with van der Waals surface area (Å²) in [4.78, 5) is 0. The lowest BCUT2D eigenvalue weighted by atomic mass is 9.94. The van der Waals surface area contributed by atoms with Gasteiger partial charge in [0.2, 0.25) is 0 Å². The van der Waals surface area contributed by atoms with Crippen LogP contribution in [0.5, 0.6) is 0 Å². The first-order valence-corrected chi connectivity index (χ1v) is 6.96. The first-order valence-electron chi connectivity index (χ1n) is 6.96. The summed E-state index contributed by atoms with van der Waals surface area (Å²) in [6, 6.07) is 9.57. The Balaban J connectivity index is 2.47. The van der Waals surface area contributed by atoms with Gasteiger partial charge in [0.15, 0.2) is 0 Å². The highest BCUT2D eigenvalue weighted by atomic mass is 19.1. The van der Waals surface area contributed by atoms with Gasteiger partial charge in [-0.3, -0.25) is 5.84 Å². The number of nitrogens with one attached hydrogen (secondary N) is 1. The van der Waals surface area contributed by atoms with Crippen molar-refractivity contribution in [2.45, 2.75) is 32.7 Å². The predicted molar refractivity (Wildman–Crippen MR) is 80.8 cm³/mol. The number of hydrazine groups is 1. The van der Waals surface area contributed by atoms with Crippen LogP contribution in [0.1, 0.15) is 48.1 Å². The molecule has 0 aliphatic rings. The van der Waals surface area contributed by atoms with Crippen LogP contribution in [-0.2, 0) is 0 Å². The normalized spacial score (nSPS) is 12.7. The van der Waals surface area contributed by atoms with Gasteiger partial charge in [-0.25, -0.2) is 14.2 Å². The summed E-state index contributed by atoms with van der Waals surface area (Å²) in [7, 11) is 0. The standard InChI is InChI=1S/C17H20F2N2/c1-10(2)12-5-7-13(8-6-12)17(21-20)15-14(18)9-4-11(3)16(15)19/h4-10,17,21H,20H2,1-3H3. The lowest BCUT2D eigenvalue weighted by molar-refractivity contribution is 0.506. The van der Waals surface area contributed by atoms with Gasteiger partial charge in [-0.2, -0.15) is 0 Å². The van der Waals surface area contributed by atoms with Crippen LogP contribution >= 0.6 is 0 Å². The lowest BCUT2D eigenvalue weighted by Gasteiger charge is -2.20. The molecule has 0 aliphatic heterocycles. The molecule has 3 N–H and O–H groups in total. The number of hydrogen-bond donors (Lipinski definition) is 2. The van der Waals surface area contributed by atoms with Crippen molar-refractivity contribution < 1.29 is 8.78 Å². The third-order valence-electron chi connectivity index (χ3n) is 3.71. The minimum atomic E-state index is -0.717. The van der Waals surface area contributed by atoms with Crippen molar-refractivity contribution >= 4 is 0 Å². The molecule has 0 saturated heterocycles. The molecule has 0 fully saturated rings. The van der Waals surface area contributed by atoms with Crippen molar-refractivity contribution in [1.82, 2.24) is 5.43 Å². The van der Waals surface area contributed by atoms with Crippen molar-refractivity contribution in [3.05, 3.63) is 70.3 Å². The van der Waals surface area contributed by atoms with Crippen molar-refractivity contribution in [1.29, 1.82) is 0 Å². The quantitative estimate of drug-likeness (QED) is 0.661. The Morgan fingerprint density at radius 1 is 0.952 bits per heavy atom. The topological polar surface area (TPSA) is 38.0 Å². The highest BCUT2D eigenvalue weighted by Crippen LogP contribution is 2.29. The van der Waals surface area contributed by atoms with Gasteiger partial charge in [0, 0.05) is 5.56 Å². The highest BCUT2D eigenvalue weighted by molar-refractivity contribution is 5.37. The van der Waals surface area contributed by atoms with Gasteiger partial charge in [0.25, 0.3) is 0 Å². The minimum Gasteiger partial charge on any atom is -0.271 e. The van der Waals surface area contributed by atoms with E-state index in [1.54, 1.807) is 6.92 Å². The summed E-state index contributed by atoms with van der Waals surface area (Å²) in [6.07, 6.45) is 0. The Hall–Kier alpha value is -1.78. The maximum Gasteiger partial charge on any atom is 0.134 e. The van der Waals surface area contributed by atoms with E-state index in [9.17, 15) is 8.78 Å². The van der Waals surface area contributed by atoms with Gasteiger partial charge in [-0.15, -0.1) is 0 Å². The van der Waals surface area contributed by atoms with Crippen LogP contribution in [-0.4, -0.2) is 0 Å². The summed E-state index contributed by atoms with van der Waals surface area (Å²) in [5.41, 5.74) is 4.75. The van der Waals surface area contributed by atoms with E-state index in [4.69, 9.17) is 5.84 Å². The number of nitrogens with two attached hydrogens (primary N) is 1. The number of hydrogen-bond acceptors (Lipinski definition) is 2. The Labute approximate surface area is 124 Å². The Bertz CT molecular complexity index is 621. The molecule has 0 heterocycles. The van der Waals surface area contributed by atoms with E-state index in [-0.39, 0.29) is 5.56 Å². The van der Waals surface area contributed by atoms with E-state index in [0.717, 1.165) is 5.56 Å². The van der Waals surface area contributed by atoms with Crippen molar-refractivity contribution in [2.75, 3.05) is 0 Å². The Morgan fingerprint density at radius 3 is 2.05 bits per heavy atom. The molecule has 2 rings (SSSR count). The fourth-order valence-electron chi connectivity index (χ4n) is 2.36. The fourth-order valence-corrected chi connectivity index (χ4v) is 2.36. The van der Waals surface area contributed by atoms with Crippen molar-refractivity contribution in [3.8, 4) is 0 Å². The molecule has 21 heavy (non-hydrogen) atoms. The number of halogens is 2. The number of aryl methyl sites for hydroxylation is 1. The van der Waals surface area contributed by atoms with Crippen LogP contribution in [0.3, 0.4) is 0 Å². The molecule has 1 atom stereocenters. The first kappa shape index (κ1) is 15.6. The van der Waals surface area contributed by atoms with Crippen LogP contribution in [0.25, 0.3) is 0 Å². The number of rotatable bonds is 4. The fraction of sp³-hybridized carbons (Fsp3) is 0.294. The summed E-state index contributed by atoms with van der Waals surface area (Å²) in [5, 5.41) is 0. The molecular weight excluding hydrogens is 270 g/mol. The Morgan fingerprint density at radius 2 is 1.52 bits per heavy atom. The zero-order valence-corrected chi connectivity index (χ0v) is 12.5. The summed E-state index contributed by atoms with van der Waals surface area (Å²) >= 11 is 0. The third kappa shape index (κ3) is 3.12. The highest BCUT2D eigenvalue weighted by Gasteiger charge is 2.22. The number of benzene rings is 2. The van der Waals surface area contributed by atoms with Gasteiger partial charge < -0.3 is 0 Å². The molecule has 4 heteroatoms. The van der Waals surface area contributed by atoms with Gasteiger partial charge >= 0.3 is 0 Å². The molecule has 0 radical (unpaired) electrons. The summed E-state index contributed by atoms with van der Waals surface area (Å²) < 4.78 is 28.3. The monoisotopic (exact) mass is 290 g/mol. The maximum atomic E-state index is 14.3. The maximum absolute atomic E-state index is 14.3. The van der Waals surface area contributed by atoms with Crippen molar-refractivity contribution in [2.24, 2.45) is 5.84 Å². The van der Waals surface area contributed by atoms with Gasteiger partial charge in [-0.1, -0.05) is 44.2 Å². The molecule has 0 spiro atoms. The van der Waals surface area contributed by atoms with E-state index in [1.165, 1.54) is 17.7 Å². The second-order valence-electron chi connectivity index (χ2n) is 5.51. The second-order valence-corrected chi connectivity index (χ2v) is 5.51. The molecule has 112 valence electrons. The molecule has 0 amide bonds. The van der Waals surface area contributed by atoms with E-state index in [1.807, 2.05) is 24.3 Å². The smallest absolute Gasteiger partial charge is 0.134 e. The van der Waals surface area contributed by atoms with Crippen LogP contribution in [0, 0.1) is 18.6 Å². The average Bonchev–Trinajstić information content (AvgIpc) is 2.48. The van der Waals surface area contributed by atoms with Gasteiger partial charge in [-0.05, 0) is 35.6 Å². The third-order valence-corrected chi connectivity index (χ3v) is 3.71. The molecule has 0 aliphatic carbocycles. The van der Waals surface area contributed by atoms with Crippen molar-refractivity contribution in [3.63, 3.8) is 0 Å². The van der Waals surface area contributed by atoms with E-state index >= 15 is 0 Å². The van der Waals surface area contributed by atoms with Crippen LogP contribution < -0.4 is 11.3 Å². The lowest BCUT2D eigenvalue weighted by Crippen LogP contribution is -2.30. The summed E-state index contributed by atoms with van der Waals surface area (Å²) in [6.45, 7) is 5.79. The van der Waals surface area contributed by atoms with Gasteiger partial charge in [0.05, 0.1) is 6.04 Å². The second kappa shape index (κ2) is 6.33. The molecule has 0 saturated carbocycles. The van der Waals surface area contributed by atoms with E-state index in [0.29, 0.717) is 11.5 Å². The summed E-state index contributed by atoms with van der Waals surface area (Å²) in [5.74, 6) is 4.77. The molecule has 0 bridgehead atoms. The molecule has 2 nitrogen and oxygen atoms in total. The average molecular weight is 290 g/mol. The molecule has 2 aromatic rings. The minimum absolute atomic E-state index is 0.0465. The SMILES string of the molecule is Cc1ccc(F)c(C(NN)c2ccc(C(C)C)cc2)c1F. The van der Waals surface area contributed by atoms with Crippen LogP contribution in [0.4, 0.5) is 8.78 Å². The van der Waals surface area contributed by atoms with E-state index in [2.05, 4.69) is 19.3 Å². The Kier molecular flexibility index (Phi) is 4.70.